The van der Waals surface area contributed by atoms with Crippen LogP contribution in [0.2, 0.25) is 0 Å². The third-order valence-corrected chi connectivity index (χ3v) is 10.8. The van der Waals surface area contributed by atoms with Gasteiger partial charge in [-0.1, -0.05) is 117 Å². The maximum atomic E-state index is 2.44. The van der Waals surface area contributed by atoms with Gasteiger partial charge in [0.15, 0.2) is 0 Å². The van der Waals surface area contributed by atoms with Crippen molar-refractivity contribution in [3.8, 4) is 33.4 Å². The van der Waals surface area contributed by atoms with E-state index in [1.807, 2.05) is 0 Å². The Morgan fingerprint density at radius 2 is 1.04 bits per heavy atom. The van der Waals surface area contributed by atoms with Crippen LogP contribution in [-0.4, -0.2) is 0 Å². The fourth-order valence-electron chi connectivity index (χ4n) is 8.27. The molecule has 232 valence electrons. The van der Waals surface area contributed by atoms with Crippen molar-refractivity contribution < 1.29 is 0 Å². The van der Waals surface area contributed by atoms with Crippen LogP contribution in [0.5, 0.6) is 0 Å². The molecule has 0 saturated carbocycles. The van der Waals surface area contributed by atoms with Crippen molar-refractivity contribution in [2.24, 2.45) is 0 Å². The molecule has 0 bridgehead atoms. The zero-order valence-corrected chi connectivity index (χ0v) is 27.7. The summed E-state index contributed by atoms with van der Waals surface area (Å²) in [5.74, 6) is 0. The minimum absolute atomic E-state index is 0.107. The minimum atomic E-state index is -0.107. The van der Waals surface area contributed by atoms with Gasteiger partial charge in [0, 0.05) is 22.5 Å². The summed E-state index contributed by atoms with van der Waals surface area (Å²) >= 11 is 0. The number of rotatable bonds is 5. The summed E-state index contributed by atoms with van der Waals surface area (Å²) in [6.45, 7) is 4.76. The van der Waals surface area contributed by atoms with Gasteiger partial charge in [0.1, 0.15) is 0 Å². The van der Waals surface area contributed by atoms with Crippen LogP contribution in [0, 0.1) is 0 Å². The Hall–Kier alpha value is -5.40. The Morgan fingerprint density at radius 1 is 0.438 bits per heavy atom. The second-order valence-corrected chi connectivity index (χ2v) is 14.0. The molecule has 0 spiro atoms. The number of benzene rings is 7. The summed E-state index contributed by atoms with van der Waals surface area (Å²) in [6, 6.07) is 56.4. The molecule has 0 atom stereocenters. The molecule has 7 aromatic carbocycles. The normalized spacial score (nSPS) is 14.3. The first kappa shape index (κ1) is 28.8. The Bertz CT molecular complexity index is 2290. The van der Waals surface area contributed by atoms with Crippen molar-refractivity contribution in [3.63, 3.8) is 0 Å². The molecule has 0 aromatic heterocycles. The molecule has 0 N–H and O–H groups in total. The van der Waals surface area contributed by atoms with E-state index in [1.54, 1.807) is 0 Å². The summed E-state index contributed by atoms with van der Waals surface area (Å²) in [7, 11) is 0. The van der Waals surface area contributed by atoms with Gasteiger partial charge >= 0.3 is 0 Å². The number of anilines is 3. The second kappa shape index (κ2) is 11.4. The van der Waals surface area contributed by atoms with Crippen LogP contribution in [0.1, 0.15) is 48.9 Å². The van der Waals surface area contributed by atoms with Crippen molar-refractivity contribution in [2.45, 2.75) is 44.9 Å². The van der Waals surface area contributed by atoms with E-state index in [9.17, 15) is 0 Å². The van der Waals surface area contributed by atoms with Gasteiger partial charge < -0.3 is 4.90 Å². The topological polar surface area (TPSA) is 3.24 Å². The van der Waals surface area contributed by atoms with Gasteiger partial charge in [-0.3, -0.25) is 0 Å². The van der Waals surface area contributed by atoms with Gasteiger partial charge in [0.2, 0.25) is 0 Å². The zero-order valence-electron chi connectivity index (χ0n) is 27.7. The highest BCUT2D eigenvalue weighted by Crippen LogP contribution is 2.52. The molecule has 2 aliphatic rings. The predicted molar refractivity (Wildman–Crippen MR) is 204 cm³/mol. The molecular formula is C47H39N. The quantitative estimate of drug-likeness (QED) is 0.186. The Balaban J connectivity index is 1.16. The largest absolute Gasteiger partial charge is 0.310 e. The van der Waals surface area contributed by atoms with Gasteiger partial charge in [0.25, 0.3) is 0 Å². The third-order valence-electron chi connectivity index (χ3n) is 10.8. The van der Waals surface area contributed by atoms with Crippen LogP contribution in [0.15, 0.2) is 152 Å². The van der Waals surface area contributed by atoms with E-state index in [1.165, 1.54) is 97.8 Å². The number of nitrogens with zero attached hydrogens (tertiary/aromatic N) is 1. The smallest absolute Gasteiger partial charge is 0.0465 e. The summed E-state index contributed by atoms with van der Waals surface area (Å²) in [5.41, 5.74) is 17.1. The lowest BCUT2D eigenvalue weighted by atomic mass is 9.81. The lowest BCUT2D eigenvalue weighted by molar-refractivity contribution is 0.661. The molecule has 2 aliphatic carbocycles. The second-order valence-electron chi connectivity index (χ2n) is 14.0. The van der Waals surface area contributed by atoms with E-state index < -0.39 is 0 Å². The zero-order chi connectivity index (χ0) is 32.2. The van der Waals surface area contributed by atoms with Crippen LogP contribution in [0.4, 0.5) is 17.1 Å². The van der Waals surface area contributed by atoms with E-state index in [4.69, 9.17) is 0 Å². The van der Waals surface area contributed by atoms with Crippen molar-refractivity contribution in [2.75, 3.05) is 4.90 Å². The Labute approximate surface area is 284 Å². The molecule has 9 rings (SSSR count). The van der Waals surface area contributed by atoms with Crippen molar-refractivity contribution in [3.05, 3.63) is 174 Å². The standard InChI is InChI=1S/C47H39N/c1-47(2)45-30-37-15-7-6-14-36(37)29-44(45)43-28-27-40(31-46(43)47)48(38-23-19-33(20-24-38)32-11-4-3-5-12-32)39-25-21-35(22-26-39)42-18-10-16-34-13-8-9-17-41(34)42/h3-7,10-12,14-16,18-31H,8-9,13,17H2,1-2H3. The van der Waals surface area contributed by atoms with E-state index in [-0.39, 0.29) is 5.41 Å². The summed E-state index contributed by atoms with van der Waals surface area (Å²) < 4.78 is 0. The first-order chi connectivity index (χ1) is 23.5. The maximum absolute atomic E-state index is 2.44. The Kier molecular flexibility index (Phi) is 6.83. The molecule has 1 heteroatoms. The molecule has 48 heavy (non-hydrogen) atoms. The third kappa shape index (κ3) is 4.76. The summed E-state index contributed by atoms with van der Waals surface area (Å²) in [4.78, 5) is 2.43. The van der Waals surface area contributed by atoms with Crippen LogP contribution < -0.4 is 4.90 Å². The molecule has 0 heterocycles. The van der Waals surface area contributed by atoms with Crippen molar-refractivity contribution in [1.29, 1.82) is 0 Å². The lowest BCUT2D eigenvalue weighted by Gasteiger charge is -2.28. The maximum Gasteiger partial charge on any atom is 0.0465 e. The molecule has 0 saturated heterocycles. The van der Waals surface area contributed by atoms with Crippen LogP contribution in [0.25, 0.3) is 44.2 Å². The summed E-state index contributed by atoms with van der Waals surface area (Å²) in [6.07, 6.45) is 4.95. The fraction of sp³-hybridized carbons (Fsp3) is 0.149. The molecule has 0 unspecified atom stereocenters. The fourth-order valence-corrected chi connectivity index (χ4v) is 8.27. The van der Waals surface area contributed by atoms with Crippen molar-refractivity contribution in [1.82, 2.24) is 0 Å². The van der Waals surface area contributed by atoms with E-state index in [0.717, 1.165) is 11.4 Å². The molecule has 0 amide bonds. The average Bonchev–Trinajstić information content (AvgIpc) is 3.36. The van der Waals surface area contributed by atoms with E-state index in [2.05, 4.69) is 170 Å². The molecular weight excluding hydrogens is 579 g/mol. The van der Waals surface area contributed by atoms with Gasteiger partial charge in [-0.05, 0) is 141 Å². The Morgan fingerprint density at radius 3 is 1.79 bits per heavy atom. The van der Waals surface area contributed by atoms with Gasteiger partial charge in [0.05, 0.1) is 0 Å². The number of hydrogen-bond donors (Lipinski definition) is 0. The van der Waals surface area contributed by atoms with E-state index in [0.29, 0.717) is 0 Å². The average molecular weight is 618 g/mol. The monoisotopic (exact) mass is 617 g/mol. The van der Waals surface area contributed by atoms with Gasteiger partial charge in [-0.2, -0.15) is 0 Å². The molecule has 1 nitrogen and oxygen atoms in total. The number of fused-ring (bicyclic) bond motifs is 5. The molecule has 0 radical (unpaired) electrons. The van der Waals surface area contributed by atoms with E-state index >= 15 is 0 Å². The molecule has 0 fully saturated rings. The van der Waals surface area contributed by atoms with Crippen LogP contribution in [-0.2, 0) is 18.3 Å². The highest BCUT2D eigenvalue weighted by Gasteiger charge is 2.36. The molecule has 0 aliphatic heterocycles. The number of aryl methyl sites for hydroxylation is 1. The minimum Gasteiger partial charge on any atom is -0.310 e. The van der Waals surface area contributed by atoms with Gasteiger partial charge in [-0.15, -0.1) is 0 Å². The SMILES string of the molecule is CC1(C)c2cc(N(c3ccc(-c4ccccc4)cc3)c3ccc(-c4cccc5c4CCCC5)cc3)ccc2-c2cc3ccccc3cc21. The highest BCUT2D eigenvalue weighted by molar-refractivity contribution is 5.94. The number of hydrogen-bond acceptors (Lipinski definition) is 1. The van der Waals surface area contributed by atoms with Crippen LogP contribution >= 0.6 is 0 Å². The summed E-state index contributed by atoms with van der Waals surface area (Å²) in [5, 5.41) is 2.60. The first-order valence-corrected chi connectivity index (χ1v) is 17.4. The van der Waals surface area contributed by atoms with Gasteiger partial charge in [-0.25, -0.2) is 0 Å². The highest BCUT2D eigenvalue weighted by atomic mass is 15.1. The predicted octanol–water partition coefficient (Wildman–Crippen LogP) is 12.8. The first-order valence-electron chi connectivity index (χ1n) is 17.4. The van der Waals surface area contributed by atoms with Crippen LogP contribution in [0.3, 0.4) is 0 Å². The lowest BCUT2D eigenvalue weighted by Crippen LogP contribution is -2.16. The van der Waals surface area contributed by atoms with Crippen molar-refractivity contribution >= 4 is 27.8 Å². The molecule has 7 aromatic rings.